The van der Waals surface area contributed by atoms with Crippen LogP contribution in [0.2, 0.25) is 5.02 Å². The van der Waals surface area contributed by atoms with E-state index in [-0.39, 0.29) is 12.0 Å². The predicted octanol–water partition coefficient (Wildman–Crippen LogP) is 4.91. The van der Waals surface area contributed by atoms with E-state index in [0.29, 0.717) is 54.1 Å². The molecule has 10 heteroatoms. The third kappa shape index (κ3) is 6.31. The zero-order valence-electron chi connectivity index (χ0n) is 18.5. The number of methoxy groups -OCH3 is 1. The van der Waals surface area contributed by atoms with Crippen LogP contribution in [0.1, 0.15) is 25.0 Å². The zero-order valence-corrected chi connectivity index (χ0v) is 19.3. The van der Waals surface area contributed by atoms with Crippen molar-refractivity contribution >= 4 is 29.4 Å². The van der Waals surface area contributed by atoms with E-state index >= 15 is 0 Å². The van der Waals surface area contributed by atoms with Gasteiger partial charge in [-0.1, -0.05) is 11.6 Å². The number of amides is 1. The SMILES string of the molecule is COc1cc(C=CC(=O)N2CCN(c3ccc(C(F)(F)F)cn3)CC2)cc(Cl)c1OC(C)C. The summed E-state index contributed by atoms with van der Waals surface area (Å²) < 4.78 is 49.2. The number of hydrogen-bond acceptors (Lipinski definition) is 5. The molecule has 1 fully saturated rings. The predicted molar refractivity (Wildman–Crippen MR) is 121 cm³/mol. The van der Waals surface area contributed by atoms with Crippen molar-refractivity contribution in [2.24, 2.45) is 0 Å². The Morgan fingerprint density at radius 1 is 1.18 bits per heavy atom. The number of benzene rings is 1. The molecule has 0 spiro atoms. The second-order valence-corrected chi connectivity index (χ2v) is 8.16. The molecule has 2 heterocycles. The van der Waals surface area contributed by atoms with Gasteiger partial charge >= 0.3 is 6.18 Å². The van der Waals surface area contributed by atoms with Crippen molar-refractivity contribution in [3.8, 4) is 11.5 Å². The van der Waals surface area contributed by atoms with Crippen molar-refractivity contribution in [1.29, 1.82) is 0 Å². The number of pyridine rings is 1. The highest BCUT2D eigenvalue weighted by atomic mass is 35.5. The molecule has 0 bridgehead atoms. The number of carbonyl (C=O) groups excluding carboxylic acids is 1. The van der Waals surface area contributed by atoms with Crippen molar-refractivity contribution < 1.29 is 27.4 Å². The fourth-order valence-corrected chi connectivity index (χ4v) is 3.62. The summed E-state index contributed by atoms with van der Waals surface area (Å²) in [4.78, 5) is 20.1. The molecule has 3 rings (SSSR count). The molecule has 1 amide bonds. The quantitative estimate of drug-likeness (QED) is 0.546. The first kappa shape index (κ1) is 24.7. The smallest absolute Gasteiger partial charge is 0.417 e. The van der Waals surface area contributed by atoms with Crippen LogP contribution >= 0.6 is 11.6 Å². The largest absolute Gasteiger partial charge is 0.493 e. The summed E-state index contributed by atoms with van der Waals surface area (Å²) in [6.07, 6.45) is -0.554. The van der Waals surface area contributed by atoms with E-state index in [1.807, 2.05) is 18.7 Å². The van der Waals surface area contributed by atoms with E-state index in [1.165, 1.54) is 19.3 Å². The highest BCUT2D eigenvalue weighted by Gasteiger charge is 2.31. The van der Waals surface area contributed by atoms with Crippen molar-refractivity contribution in [1.82, 2.24) is 9.88 Å². The minimum Gasteiger partial charge on any atom is -0.493 e. The molecule has 1 aliphatic rings. The van der Waals surface area contributed by atoms with Gasteiger partial charge in [0.2, 0.25) is 5.91 Å². The van der Waals surface area contributed by atoms with Crippen LogP contribution in [0, 0.1) is 0 Å². The van der Waals surface area contributed by atoms with Crippen molar-refractivity contribution in [2.75, 3.05) is 38.2 Å². The number of nitrogens with zero attached hydrogens (tertiary/aromatic N) is 3. The Labute approximate surface area is 195 Å². The van der Waals surface area contributed by atoms with Crippen molar-refractivity contribution in [3.05, 3.63) is 52.7 Å². The van der Waals surface area contributed by atoms with Gasteiger partial charge in [0.05, 0.1) is 23.8 Å². The van der Waals surface area contributed by atoms with Gasteiger partial charge < -0.3 is 19.3 Å². The lowest BCUT2D eigenvalue weighted by Crippen LogP contribution is -2.48. The lowest BCUT2D eigenvalue weighted by molar-refractivity contribution is -0.137. The van der Waals surface area contributed by atoms with E-state index in [2.05, 4.69) is 4.98 Å². The summed E-state index contributed by atoms with van der Waals surface area (Å²) in [6.45, 7) is 5.57. The molecule has 178 valence electrons. The number of rotatable bonds is 6. The molecule has 1 aromatic carbocycles. The van der Waals surface area contributed by atoms with Crippen LogP contribution in [0.4, 0.5) is 19.0 Å². The Morgan fingerprint density at radius 3 is 2.42 bits per heavy atom. The van der Waals surface area contributed by atoms with E-state index in [0.717, 1.165) is 12.3 Å². The van der Waals surface area contributed by atoms with E-state index in [9.17, 15) is 18.0 Å². The Balaban J connectivity index is 1.60. The first-order valence-electron chi connectivity index (χ1n) is 10.4. The second kappa shape index (κ2) is 10.3. The first-order chi connectivity index (χ1) is 15.6. The van der Waals surface area contributed by atoms with E-state index in [1.54, 1.807) is 23.1 Å². The highest BCUT2D eigenvalue weighted by Crippen LogP contribution is 2.37. The lowest BCUT2D eigenvalue weighted by Gasteiger charge is -2.35. The average Bonchev–Trinajstić information content (AvgIpc) is 2.78. The molecule has 1 aromatic heterocycles. The fourth-order valence-electron chi connectivity index (χ4n) is 3.36. The van der Waals surface area contributed by atoms with Gasteiger partial charge in [0.1, 0.15) is 5.82 Å². The molecule has 0 unspecified atom stereocenters. The minimum absolute atomic E-state index is 0.0733. The molecule has 33 heavy (non-hydrogen) atoms. The molecule has 1 saturated heterocycles. The summed E-state index contributed by atoms with van der Waals surface area (Å²) in [5.41, 5.74) is -0.0976. The standard InChI is InChI=1S/C23H25ClF3N3O3/c1-15(2)33-22-18(24)12-16(13-19(22)32-3)4-7-21(31)30-10-8-29(9-11-30)20-6-5-17(14-28-20)23(25,26)27/h4-7,12-15H,8-11H2,1-3H3. The molecule has 0 radical (unpaired) electrons. The van der Waals surface area contributed by atoms with Crippen LogP contribution in [0.5, 0.6) is 11.5 Å². The van der Waals surface area contributed by atoms with Gasteiger partial charge in [0, 0.05) is 38.5 Å². The van der Waals surface area contributed by atoms with Gasteiger partial charge in [-0.15, -0.1) is 0 Å². The number of piperazine rings is 1. The topological polar surface area (TPSA) is 54.9 Å². The summed E-state index contributed by atoms with van der Waals surface area (Å²) >= 11 is 6.32. The summed E-state index contributed by atoms with van der Waals surface area (Å²) in [5, 5.41) is 0.382. The number of carbonyl (C=O) groups is 1. The molecule has 1 aliphatic heterocycles. The van der Waals surface area contributed by atoms with Crippen LogP contribution in [0.15, 0.2) is 36.5 Å². The number of alkyl halides is 3. The normalized spacial score (nSPS) is 14.8. The lowest BCUT2D eigenvalue weighted by atomic mass is 10.1. The summed E-state index contributed by atoms with van der Waals surface area (Å²) in [7, 11) is 1.52. The number of aromatic nitrogens is 1. The molecule has 0 saturated carbocycles. The second-order valence-electron chi connectivity index (χ2n) is 7.75. The molecule has 2 aromatic rings. The first-order valence-corrected chi connectivity index (χ1v) is 10.8. The highest BCUT2D eigenvalue weighted by molar-refractivity contribution is 6.32. The third-order valence-electron chi connectivity index (χ3n) is 5.01. The van der Waals surface area contributed by atoms with E-state index < -0.39 is 11.7 Å². The monoisotopic (exact) mass is 483 g/mol. The van der Waals surface area contributed by atoms with Crippen LogP contribution in [-0.4, -0.2) is 55.2 Å². The maximum absolute atomic E-state index is 12.7. The van der Waals surface area contributed by atoms with Crippen LogP contribution in [0.3, 0.4) is 0 Å². The van der Waals surface area contributed by atoms with Gasteiger partial charge in [0.15, 0.2) is 11.5 Å². The Hall–Kier alpha value is -2.94. The van der Waals surface area contributed by atoms with Gasteiger partial charge in [-0.25, -0.2) is 4.98 Å². The zero-order chi connectivity index (χ0) is 24.2. The van der Waals surface area contributed by atoms with Crippen LogP contribution < -0.4 is 14.4 Å². The molecular formula is C23H25ClF3N3O3. The fraction of sp³-hybridized carbons (Fsp3) is 0.391. The van der Waals surface area contributed by atoms with E-state index in [4.69, 9.17) is 21.1 Å². The van der Waals surface area contributed by atoms with Gasteiger partial charge in [-0.2, -0.15) is 13.2 Å². The van der Waals surface area contributed by atoms with Crippen LogP contribution in [0.25, 0.3) is 6.08 Å². The maximum Gasteiger partial charge on any atom is 0.417 e. The molecule has 6 nitrogen and oxygen atoms in total. The number of hydrogen-bond donors (Lipinski definition) is 0. The minimum atomic E-state index is -4.42. The van der Waals surface area contributed by atoms with Crippen LogP contribution in [-0.2, 0) is 11.0 Å². The molecular weight excluding hydrogens is 459 g/mol. The number of ether oxygens (including phenoxy) is 2. The maximum atomic E-state index is 12.7. The molecule has 0 atom stereocenters. The Morgan fingerprint density at radius 2 is 1.88 bits per heavy atom. The number of anilines is 1. The number of halogens is 4. The van der Waals surface area contributed by atoms with Gasteiger partial charge in [-0.05, 0) is 49.8 Å². The van der Waals surface area contributed by atoms with Gasteiger partial charge in [0.25, 0.3) is 0 Å². The summed E-state index contributed by atoms with van der Waals surface area (Å²) in [5.74, 6) is 1.20. The third-order valence-corrected chi connectivity index (χ3v) is 5.29. The average molecular weight is 484 g/mol. The van der Waals surface area contributed by atoms with Crippen molar-refractivity contribution in [2.45, 2.75) is 26.1 Å². The molecule has 0 aliphatic carbocycles. The Kier molecular flexibility index (Phi) is 7.73. The summed E-state index contributed by atoms with van der Waals surface area (Å²) in [6, 6.07) is 5.80. The van der Waals surface area contributed by atoms with Crippen molar-refractivity contribution in [3.63, 3.8) is 0 Å². The van der Waals surface area contributed by atoms with Gasteiger partial charge in [-0.3, -0.25) is 4.79 Å². The Bertz CT molecular complexity index is 1000. The molecule has 0 N–H and O–H groups in total.